The second-order valence-corrected chi connectivity index (χ2v) is 8.36. The number of fused-ring (bicyclic) bond motifs is 1. The first-order chi connectivity index (χ1) is 12.8. The summed E-state index contributed by atoms with van der Waals surface area (Å²) in [6.07, 6.45) is 0.952. The number of urea groups is 1. The third-order valence-corrected chi connectivity index (χ3v) is 5.92. The molecule has 1 unspecified atom stereocenters. The van der Waals surface area contributed by atoms with Crippen molar-refractivity contribution < 1.29 is 13.2 Å². The van der Waals surface area contributed by atoms with E-state index < -0.39 is 10.0 Å². The van der Waals surface area contributed by atoms with E-state index in [0.29, 0.717) is 17.8 Å². The molecule has 1 atom stereocenters. The molecule has 1 heterocycles. The summed E-state index contributed by atoms with van der Waals surface area (Å²) in [4.78, 5) is 14.5. The molecule has 7 nitrogen and oxygen atoms in total. The summed E-state index contributed by atoms with van der Waals surface area (Å²) < 4.78 is 23.2. The maximum Gasteiger partial charge on any atom is 0.319 e. The lowest BCUT2D eigenvalue weighted by molar-refractivity contribution is 0.251. The number of primary sulfonamides is 1. The number of hydrogen-bond donors (Lipinski definition) is 3. The molecule has 4 N–H and O–H groups in total. The van der Waals surface area contributed by atoms with Gasteiger partial charge in [0, 0.05) is 37.4 Å². The van der Waals surface area contributed by atoms with Crippen molar-refractivity contribution in [1.82, 2.24) is 5.32 Å². The molecule has 2 aromatic carbocycles. The maximum atomic E-state index is 12.3. The number of nitrogens with zero attached hydrogens (tertiary/aromatic N) is 1. The molecule has 1 aliphatic heterocycles. The molecule has 0 saturated carbocycles. The molecular formula is C19H24N4O3S. The van der Waals surface area contributed by atoms with Gasteiger partial charge in [0.1, 0.15) is 0 Å². The van der Waals surface area contributed by atoms with Gasteiger partial charge in [0.05, 0.1) is 4.90 Å². The van der Waals surface area contributed by atoms with Crippen molar-refractivity contribution in [3.05, 3.63) is 53.6 Å². The Bertz CT molecular complexity index is 959. The van der Waals surface area contributed by atoms with E-state index in [2.05, 4.69) is 34.7 Å². The Balaban J connectivity index is 1.65. The fourth-order valence-corrected chi connectivity index (χ4v) is 4.20. The Hall–Kier alpha value is -2.58. The van der Waals surface area contributed by atoms with Crippen molar-refractivity contribution in [3.8, 4) is 0 Å². The summed E-state index contributed by atoms with van der Waals surface area (Å²) in [5.74, 6) is 0.237. The first-order valence-corrected chi connectivity index (χ1v) is 10.3. The highest BCUT2D eigenvalue weighted by atomic mass is 32.2. The fourth-order valence-electron chi connectivity index (χ4n) is 3.39. The van der Waals surface area contributed by atoms with Gasteiger partial charge in [-0.2, -0.15) is 0 Å². The van der Waals surface area contributed by atoms with Crippen molar-refractivity contribution in [2.24, 2.45) is 5.14 Å². The first-order valence-electron chi connectivity index (χ1n) is 8.74. The number of para-hydroxylation sites is 1. The second-order valence-electron chi connectivity index (χ2n) is 6.83. The lowest BCUT2D eigenvalue weighted by Crippen LogP contribution is -2.36. The molecule has 8 heteroatoms. The van der Waals surface area contributed by atoms with Crippen LogP contribution in [-0.2, 0) is 10.0 Å². The Morgan fingerprint density at radius 1 is 1.26 bits per heavy atom. The summed E-state index contributed by atoms with van der Waals surface area (Å²) in [7, 11) is -1.77. The summed E-state index contributed by atoms with van der Waals surface area (Å²) in [5, 5.41) is 10.8. The van der Waals surface area contributed by atoms with Crippen LogP contribution in [-0.4, -0.2) is 34.6 Å². The highest BCUT2D eigenvalue weighted by Crippen LogP contribution is 2.33. The number of rotatable bonds is 4. The Kier molecular flexibility index (Phi) is 5.38. The molecular weight excluding hydrogens is 364 g/mol. The average Bonchev–Trinajstić information content (AvgIpc) is 2.62. The van der Waals surface area contributed by atoms with Gasteiger partial charge in [-0.3, -0.25) is 0 Å². The smallest absolute Gasteiger partial charge is 0.319 e. The molecule has 0 radical (unpaired) electrons. The lowest BCUT2D eigenvalue weighted by Gasteiger charge is -2.33. The molecule has 2 amide bonds. The van der Waals surface area contributed by atoms with Crippen molar-refractivity contribution >= 4 is 27.4 Å². The number of hydrogen-bond acceptors (Lipinski definition) is 4. The minimum Gasteiger partial charge on any atom is -0.374 e. The average molecular weight is 388 g/mol. The van der Waals surface area contributed by atoms with Gasteiger partial charge in [-0.25, -0.2) is 18.4 Å². The highest BCUT2D eigenvalue weighted by molar-refractivity contribution is 7.89. The van der Waals surface area contributed by atoms with Gasteiger partial charge in [0.2, 0.25) is 10.0 Å². The van der Waals surface area contributed by atoms with Gasteiger partial charge in [-0.05, 0) is 42.7 Å². The van der Waals surface area contributed by atoms with Crippen LogP contribution in [0.4, 0.5) is 16.2 Å². The molecule has 1 aliphatic rings. The van der Waals surface area contributed by atoms with Gasteiger partial charge in [0.15, 0.2) is 0 Å². The number of anilines is 2. The molecule has 2 aromatic rings. The number of aryl methyl sites for hydroxylation is 1. The van der Waals surface area contributed by atoms with E-state index in [9.17, 15) is 13.2 Å². The summed E-state index contributed by atoms with van der Waals surface area (Å²) in [6, 6.07) is 12.4. The molecule has 0 fully saturated rings. The summed E-state index contributed by atoms with van der Waals surface area (Å²) in [5.41, 5.74) is 3.32. The van der Waals surface area contributed by atoms with E-state index in [1.165, 1.54) is 17.3 Å². The molecule has 3 rings (SSSR count). The van der Waals surface area contributed by atoms with Crippen LogP contribution in [0.25, 0.3) is 0 Å². The van der Waals surface area contributed by atoms with E-state index in [0.717, 1.165) is 13.0 Å². The van der Waals surface area contributed by atoms with Crippen molar-refractivity contribution in [2.75, 3.05) is 30.4 Å². The quantitative estimate of drug-likeness (QED) is 0.748. The van der Waals surface area contributed by atoms with Crippen LogP contribution in [0, 0.1) is 6.92 Å². The Morgan fingerprint density at radius 2 is 2.00 bits per heavy atom. The van der Waals surface area contributed by atoms with E-state index in [4.69, 9.17) is 5.14 Å². The third-order valence-electron chi connectivity index (χ3n) is 4.86. The van der Waals surface area contributed by atoms with E-state index in [1.807, 2.05) is 12.1 Å². The Morgan fingerprint density at radius 3 is 2.74 bits per heavy atom. The fraction of sp³-hybridized carbons (Fsp3) is 0.316. The largest absolute Gasteiger partial charge is 0.374 e. The molecule has 0 bridgehead atoms. The van der Waals surface area contributed by atoms with E-state index >= 15 is 0 Å². The predicted octanol–water partition coefficient (Wildman–Crippen LogP) is 2.39. The predicted molar refractivity (Wildman–Crippen MR) is 107 cm³/mol. The molecule has 0 spiro atoms. The van der Waals surface area contributed by atoms with Crippen molar-refractivity contribution in [3.63, 3.8) is 0 Å². The molecule has 0 saturated heterocycles. The normalized spacial score (nSPS) is 16.6. The van der Waals surface area contributed by atoms with Crippen LogP contribution >= 0.6 is 0 Å². The molecule has 0 aliphatic carbocycles. The minimum absolute atomic E-state index is 0.00421. The van der Waals surface area contributed by atoms with Gasteiger partial charge < -0.3 is 15.5 Å². The zero-order chi connectivity index (χ0) is 19.6. The zero-order valence-corrected chi connectivity index (χ0v) is 16.2. The number of amides is 2. The standard InChI is InChI=1S/C19H24N4O3S/c1-13-7-8-15(11-18(13)27(20,25)26)22-19(24)21-12-14-9-10-23(2)17-6-4-3-5-16(14)17/h3-8,11,14H,9-10,12H2,1-2H3,(H2,20,25,26)(H2,21,22,24). The lowest BCUT2D eigenvalue weighted by atomic mass is 9.90. The van der Waals surface area contributed by atoms with Crippen LogP contribution in [0.15, 0.2) is 47.4 Å². The van der Waals surface area contributed by atoms with Gasteiger partial charge in [0.25, 0.3) is 0 Å². The van der Waals surface area contributed by atoms with Crippen LogP contribution in [0.1, 0.15) is 23.5 Å². The number of sulfonamides is 1. The third kappa shape index (κ3) is 4.40. The van der Waals surface area contributed by atoms with Crippen molar-refractivity contribution in [2.45, 2.75) is 24.2 Å². The van der Waals surface area contributed by atoms with Crippen LogP contribution in [0.2, 0.25) is 0 Å². The van der Waals surface area contributed by atoms with Crippen molar-refractivity contribution in [1.29, 1.82) is 0 Å². The zero-order valence-electron chi connectivity index (χ0n) is 15.4. The highest BCUT2D eigenvalue weighted by Gasteiger charge is 2.23. The monoisotopic (exact) mass is 388 g/mol. The Labute approximate surface area is 159 Å². The van der Waals surface area contributed by atoms with Gasteiger partial charge in [-0.1, -0.05) is 24.3 Å². The number of carbonyl (C=O) groups is 1. The number of carbonyl (C=O) groups excluding carboxylic acids is 1. The number of nitrogens with one attached hydrogen (secondary N) is 2. The second kappa shape index (κ2) is 7.58. The van der Waals surface area contributed by atoms with Crippen LogP contribution < -0.4 is 20.7 Å². The number of nitrogens with two attached hydrogens (primary N) is 1. The maximum absolute atomic E-state index is 12.3. The first kappa shape index (κ1) is 19.2. The minimum atomic E-state index is -3.84. The van der Waals surface area contributed by atoms with E-state index in [-0.39, 0.29) is 16.8 Å². The molecule has 27 heavy (non-hydrogen) atoms. The number of benzene rings is 2. The summed E-state index contributed by atoms with van der Waals surface area (Å²) >= 11 is 0. The van der Waals surface area contributed by atoms with Crippen LogP contribution in [0.3, 0.4) is 0 Å². The molecule has 144 valence electrons. The van der Waals surface area contributed by atoms with Gasteiger partial charge in [-0.15, -0.1) is 0 Å². The van der Waals surface area contributed by atoms with Gasteiger partial charge >= 0.3 is 6.03 Å². The van der Waals surface area contributed by atoms with E-state index in [1.54, 1.807) is 19.1 Å². The molecule has 0 aromatic heterocycles. The van der Waals surface area contributed by atoms with Crippen LogP contribution in [0.5, 0.6) is 0 Å². The topological polar surface area (TPSA) is 105 Å². The summed E-state index contributed by atoms with van der Waals surface area (Å²) in [6.45, 7) is 3.09. The SMILES string of the molecule is Cc1ccc(NC(=O)NCC2CCN(C)c3ccccc32)cc1S(N)(=O)=O.